The summed E-state index contributed by atoms with van der Waals surface area (Å²) >= 11 is 5.81. The van der Waals surface area contributed by atoms with Gasteiger partial charge < -0.3 is 15.7 Å². The van der Waals surface area contributed by atoms with Gasteiger partial charge in [0.1, 0.15) is 6.04 Å². The van der Waals surface area contributed by atoms with Crippen LogP contribution in [0.4, 0.5) is 0 Å². The minimum Gasteiger partial charge on any atom is -0.481 e. The first-order valence-electron chi connectivity index (χ1n) is 8.37. The summed E-state index contributed by atoms with van der Waals surface area (Å²) in [5, 5.41) is 14.7. The number of carbonyl (C=O) groups is 3. The van der Waals surface area contributed by atoms with E-state index >= 15 is 0 Å². The molecular formula is C18H25ClN2O4. The monoisotopic (exact) mass is 368 g/mol. The molecule has 1 rings (SSSR count). The van der Waals surface area contributed by atoms with Crippen LogP contribution in [0.5, 0.6) is 0 Å². The van der Waals surface area contributed by atoms with Gasteiger partial charge >= 0.3 is 5.97 Å². The average Bonchev–Trinajstić information content (AvgIpc) is 2.55. The Morgan fingerprint density at radius 1 is 1.08 bits per heavy atom. The second-order valence-corrected chi connectivity index (χ2v) is 6.63. The van der Waals surface area contributed by atoms with Crippen molar-refractivity contribution in [1.29, 1.82) is 0 Å². The van der Waals surface area contributed by atoms with Crippen LogP contribution in [0.3, 0.4) is 0 Å². The lowest BCUT2D eigenvalue weighted by molar-refractivity contribution is -0.137. The molecule has 7 heteroatoms. The Morgan fingerprint density at radius 3 is 2.28 bits per heavy atom. The van der Waals surface area contributed by atoms with Gasteiger partial charge in [-0.3, -0.25) is 14.4 Å². The highest BCUT2D eigenvalue weighted by atomic mass is 35.5. The van der Waals surface area contributed by atoms with E-state index in [0.29, 0.717) is 30.0 Å². The van der Waals surface area contributed by atoms with Gasteiger partial charge in [0.05, 0.1) is 0 Å². The Hall–Kier alpha value is -2.08. The van der Waals surface area contributed by atoms with Crippen molar-refractivity contribution in [2.45, 2.75) is 45.6 Å². The fraction of sp³-hybridized carbons (Fsp3) is 0.500. The molecule has 1 unspecified atom stereocenters. The molecule has 138 valence electrons. The van der Waals surface area contributed by atoms with Crippen molar-refractivity contribution in [3.8, 4) is 0 Å². The molecule has 1 aromatic rings. The molecule has 0 fully saturated rings. The second-order valence-electron chi connectivity index (χ2n) is 6.20. The maximum atomic E-state index is 12.3. The number of amides is 2. The Labute approximate surface area is 152 Å². The lowest BCUT2D eigenvalue weighted by Crippen LogP contribution is -2.49. The van der Waals surface area contributed by atoms with Crippen LogP contribution in [0, 0.1) is 5.92 Å². The van der Waals surface area contributed by atoms with Crippen molar-refractivity contribution in [2.24, 2.45) is 5.92 Å². The van der Waals surface area contributed by atoms with Gasteiger partial charge in [0.15, 0.2) is 0 Å². The lowest BCUT2D eigenvalue weighted by atomic mass is 10.0. The van der Waals surface area contributed by atoms with Crippen molar-refractivity contribution in [1.82, 2.24) is 10.6 Å². The highest BCUT2D eigenvalue weighted by Crippen LogP contribution is 2.11. The number of benzene rings is 1. The number of rotatable bonds is 10. The van der Waals surface area contributed by atoms with E-state index in [1.165, 1.54) is 0 Å². The summed E-state index contributed by atoms with van der Waals surface area (Å²) in [7, 11) is 0. The minimum atomic E-state index is -0.811. The van der Waals surface area contributed by atoms with E-state index in [-0.39, 0.29) is 24.2 Å². The first-order chi connectivity index (χ1) is 11.8. The quantitative estimate of drug-likeness (QED) is 0.553. The van der Waals surface area contributed by atoms with Gasteiger partial charge in [-0.15, -0.1) is 0 Å². The molecule has 0 bridgehead atoms. The van der Waals surface area contributed by atoms with Crippen molar-refractivity contribution < 1.29 is 19.5 Å². The molecule has 0 heterocycles. The summed E-state index contributed by atoms with van der Waals surface area (Å²) in [6.07, 6.45) is 2.16. The van der Waals surface area contributed by atoms with Crippen molar-refractivity contribution >= 4 is 29.4 Å². The number of nitrogens with one attached hydrogen (secondary N) is 2. The maximum absolute atomic E-state index is 12.3. The Kier molecular flexibility index (Phi) is 8.99. The topological polar surface area (TPSA) is 95.5 Å². The van der Waals surface area contributed by atoms with Crippen LogP contribution >= 0.6 is 11.6 Å². The third kappa shape index (κ3) is 8.03. The number of unbranched alkanes of at least 4 members (excludes halogenated alkanes) is 2. The average molecular weight is 369 g/mol. The fourth-order valence-electron chi connectivity index (χ4n) is 2.26. The smallest absolute Gasteiger partial charge is 0.303 e. The Balaban J connectivity index is 2.46. The first kappa shape index (κ1) is 21.0. The van der Waals surface area contributed by atoms with Crippen LogP contribution in [-0.2, 0) is 9.59 Å². The summed E-state index contributed by atoms with van der Waals surface area (Å²) < 4.78 is 0. The number of aliphatic carboxylic acids is 1. The van der Waals surface area contributed by atoms with Gasteiger partial charge in [0.25, 0.3) is 5.91 Å². The SMILES string of the molecule is CC(C)C(NC(=O)c1ccc(Cl)cc1)C(=O)NCCCCCC(=O)O. The highest BCUT2D eigenvalue weighted by molar-refractivity contribution is 6.30. The summed E-state index contributed by atoms with van der Waals surface area (Å²) in [4.78, 5) is 35.0. The molecule has 0 saturated heterocycles. The second kappa shape index (κ2) is 10.7. The number of hydrogen-bond donors (Lipinski definition) is 3. The van der Waals surface area contributed by atoms with Crippen LogP contribution in [0.25, 0.3) is 0 Å². The highest BCUT2D eigenvalue weighted by Gasteiger charge is 2.24. The van der Waals surface area contributed by atoms with E-state index in [0.717, 1.165) is 6.42 Å². The van der Waals surface area contributed by atoms with Gasteiger partial charge in [-0.2, -0.15) is 0 Å². The number of carboxylic acid groups (broad SMARTS) is 1. The van der Waals surface area contributed by atoms with Gasteiger partial charge in [0, 0.05) is 23.6 Å². The van der Waals surface area contributed by atoms with Crippen molar-refractivity contribution in [3.63, 3.8) is 0 Å². The van der Waals surface area contributed by atoms with E-state index in [2.05, 4.69) is 10.6 Å². The van der Waals surface area contributed by atoms with Gasteiger partial charge in [-0.1, -0.05) is 31.9 Å². The summed E-state index contributed by atoms with van der Waals surface area (Å²) in [6, 6.07) is 5.82. The molecule has 0 radical (unpaired) electrons. The zero-order valence-corrected chi connectivity index (χ0v) is 15.3. The number of hydrogen-bond acceptors (Lipinski definition) is 3. The normalized spacial score (nSPS) is 11.8. The number of carbonyl (C=O) groups excluding carboxylic acids is 2. The molecule has 0 spiro atoms. The lowest BCUT2D eigenvalue weighted by Gasteiger charge is -2.21. The molecule has 1 aromatic carbocycles. The summed E-state index contributed by atoms with van der Waals surface area (Å²) in [5.74, 6) is -1.44. The molecule has 25 heavy (non-hydrogen) atoms. The molecular weight excluding hydrogens is 344 g/mol. The summed E-state index contributed by atoms with van der Waals surface area (Å²) in [5.41, 5.74) is 0.441. The molecule has 0 aromatic heterocycles. The van der Waals surface area contributed by atoms with Crippen molar-refractivity contribution in [2.75, 3.05) is 6.54 Å². The third-order valence-corrected chi connectivity index (χ3v) is 3.96. The fourth-order valence-corrected chi connectivity index (χ4v) is 2.39. The predicted molar refractivity (Wildman–Crippen MR) is 96.7 cm³/mol. The summed E-state index contributed by atoms with van der Waals surface area (Å²) in [6.45, 7) is 4.18. The van der Waals surface area contributed by atoms with Crippen LogP contribution in [0.1, 0.15) is 49.9 Å². The maximum Gasteiger partial charge on any atom is 0.303 e. The first-order valence-corrected chi connectivity index (χ1v) is 8.75. The minimum absolute atomic E-state index is 0.0664. The molecule has 0 aliphatic rings. The molecule has 0 aliphatic heterocycles. The molecule has 3 N–H and O–H groups in total. The van der Waals surface area contributed by atoms with Gasteiger partial charge in [-0.05, 0) is 43.0 Å². The van der Waals surface area contributed by atoms with E-state index < -0.39 is 12.0 Å². The van der Waals surface area contributed by atoms with E-state index in [1.54, 1.807) is 24.3 Å². The van der Waals surface area contributed by atoms with E-state index in [4.69, 9.17) is 16.7 Å². The Bertz CT molecular complexity index is 587. The van der Waals surface area contributed by atoms with Crippen LogP contribution in [0.2, 0.25) is 5.02 Å². The van der Waals surface area contributed by atoms with Crippen molar-refractivity contribution in [3.05, 3.63) is 34.9 Å². The third-order valence-electron chi connectivity index (χ3n) is 3.71. The van der Waals surface area contributed by atoms with Crippen LogP contribution < -0.4 is 10.6 Å². The zero-order chi connectivity index (χ0) is 18.8. The molecule has 2 amide bonds. The molecule has 1 atom stereocenters. The van der Waals surface area contributed by atoms with Gasteiger partial charge in [-0.25, -0.2) is 0 Å². The van der Waals surface area contributed by atoms with E-state index in [9.17, 15) is 14.4 Å². The van der Waals surface area contributed by atoms with E-state index in [1.807, 2.05) is 13.8 Å². The largest absolute Gasteiger partial charge is 0.481 e. The zero-order valence-electron chi connectivity index (χ0n) is 14.5. The number of halogens is 1. The van der Waals surface area contributed by atoms with Crippen LogP contribution in [0.15, 0.2) is 24.3 Å². The molecule has 0 aliphatic carbocycles. The predicted octanol–water partition coefficient (Wildman–Crippen LogP) is 2.86. The van der Waals surface area contributed by atoms with Gasteiger partial charge in [0.2, 0.25) is 5.91 Å². The molecule has 6 nitrogen and oxygen atoms in total. The standard InChI is InChI=1S/C18H25ClN2O4/c1-12(2)16(18(25)20-11-5-3-4-6-15(22)23)21-17(24)13-7-9-14(19)10-8-13/h7-10,12,16H,3-6,11H2,1-2H3,(H,20,25)(H,21,24)(H,22,23). The molecule has 0 saturated carbocycles. The Morgan fingerprint density at radius 2 is 1.72 bits per heavy atom. The van der Waals surface area contributed by atoms with Crippen LogP contribution in [-0.4, -0.2) is 35.5 Å². The number of carboxylic acids is 1.